The Morgan fingerprint density at radius 3 is 2.48 bits per heavy atom. The molecule has 166 valence electrons. The number of carbonyl (C=O) groups excluding carboxylic acids is 1. The molecule has 0 aliphatic carbocycles. The second-order valence-corrected chi connectivity index (χ2v) is 8.06. The van der Waals surface area contributed by atoms with Crippen LogP contribution in [0, 0.1) is 6.92 Å². The van der Waals surface area contributed by atoms with E-state index in [1.807, 2.05) is 48.2 Å². The number of likely N-dealkylation sites (N-methyl/N-ethyl adjacent to an activating group) is 1. The number of piperidine rings is 1. The molecule has 0 aromatic heterocycles. The van der Waals surface area contributed by atoms with Crippen molar-refractivity contribution in [2.45, 2.75) is 31.5 Å². The van der Waals surface area contributed by atoms with E-state index in [2.05, 4.69) is 5.32 Å². The number of nitrogens with one attached hydrogen (secondary N) is 1. The van der Waals surface area contributed by atoms with E-state index >= 15 is 0 Å². The maximum Gasteiger partial charge on any atom is 0.417 e. The molecule has 2 aromatic carbocycles. The predicted octanol–water partition coefficient (Wildman–Crippen LogP) is 3.99. The number of halogens is 3. The van der Waals surface area contributed by atoms with E-state index in [1.54, 1.807) is 11.9 Å². The van der Waals surface area contributed by atoms with Crippen molar-refractivity contribution < 1.29 is 27.8 Å². The molecule has 0 saturated carbocycles. The number of hydrogen-bond donors (Lipinski definition) is 2. The topological polar surface area (TPSA) is 65.0 Å². The number of nitrogens with zero attached hydrogens (tertiary/aromatic N) is 2. The van der Waals surface area contributed by atoms with Gasteiger partial charge in [-0.15, -0.1) is 0 Å². The van der Waals surface area contributed by atoms with Crippen molar-refractivity contribution in [1.82, 2.24) is 0 Å². The fourth-order valence-corrected chi connectivity index (χ4v) is 3.91. The van der Waals surface area contributed by atoms with Gasteiger partial charge in [-0.2, -0.15) is 13.2 Å². The highest BCUT2D eigenvalue weighted by Crippen LogP contribution is 2.40. The van der Waals surface area contributed by atoms with Gasteiger partial charge in [0.2, 0.25) is 0 Å². The van der Waals surface area contributed by atoms with Gasteiger partial charge < -0.3 is 25.0 Å². The molecule has 1 saturated heterocycles. The summed E-state index contributed by atoms with van der Waals surface area (Å²) in [5.41, 5.74) is 1.50. The zero-order valence-corrected chi connectivity index (χ0v) is 17.3. The Labute approximate surface area is 178 Å². The number of fused-ring (bicyclic) bond motifs is 1. The van der Waals surface area contributed by atoms with Crippen molar-refractivity contribution in [3.05, 3.63) is 42.0 Å². The van der Waals surface area contributed by atoms with E-state index < -0.39 is 11.8 Å². The van der Waals surface area contributed by atoms with Gasteiger partial charge in [0.25, 0.3) is 5.91 Å². The third kappa shape index (κ3) is 4.01. The third-order valence-corrected chi connectivity index (χ3v) is 6.02. The Hall–Kier alpha value is -2.94. The SMILES string of the molecule is Cc1cc(N2CCC(O)(C(F)(F)F)CC2)ccc1Nc1ccc2c(c1)OCC(=O)N2C. The Balaban J connectivity index is 1.46. The Bertz CT molecular complexity index is 1000. The number of alkyl halides is 3. The smallest absolute Gasteiger partial charge is 0.417 e. The van der Waals surface area contributed by atoms with Gasteiger partial charge in [-0.3, -0.25) is 4.79 Å². The molecular formula is C22H24F3N3O3. The summed E-state index contributed by atoms with van der Waals surface area (Å²) in [5, 5.41) is 13.2. The van der Waals surface area contributed by atoms with E-state index in [0.717, 1.165) is 22.6 Å². The largest absolute Gasteiger partial charge is 0.481 e. The van der Waals surface area contributed by atoms with Crippen LogP contribution in [0.15, 0.2) is 36.4 Å². The zero-order chi connectivity index (χ0) is 22.4. The van der Waals surface area contributed by atoms with Crippen LogP contribution in [-0.2, 0) is 4.79 Å². The average molecular weight is 435 g/mol. The van der Waals surface area contributed by atoms with Crippen LogP contribution in [0.4, 0.5) is 35.9 Å². The van der Waals surface area contributed by atoms with Gasteiger partial charge in [-0.05, 0) is 42.8 Å². The number of rotatable bonds is 3. The monoisotopic (exact) mass is 435 g/mol. The maximum atomic E-state index is 13.0. The quantitative estimate of drug-likeness (QED) is 0.764. The molecule has 9 heteroatoms. The van der Waals surface area contributed by atoms with E-state index in [-0.39, 0.29) is 38.4 Å². The van der Waals surface area contributed by atoms with E-state index in [9.17, 15) is 23.1 Å². The molecule has 6 nitrogen and oxygen atoms in total. The van der Waals surface area contributed by atoms with Crippen molar-refractivity contribution in [1.29, 1.82) is 0 Å². The summed E-state index contributed by atoms with van der Waals surface area (Å²) >= 11 is 0. The van der Waals surface area contributed by atoms with Crippen molar-refractivity contribution >= 4 is 28.7 Å². The number of hydrogen-bond acceptors (Lipinski definition) is 5. The number of amides is 1. The molecule has 2 N–H and O–H groups in total. The summed E-state index contributed by atoms with van der Waals surface area (Å²) in [5.74, 6) is 0.512. The van der Waals surface area contributed by atoms with E-state index in [4.69, 9.17) is 4.74 Å². The van der Waals surface area contributed by atoms with Crippen LogP contribution in [0.25, 0.3) is 0 Å². The number of anilines is 4. The van der Waals surface area contributed by atoms with Crippen LogP contribution in [0.3, 0.4) is 0 Å². The summed E-state index contributed by atoms with van der Waals surface area (Å²) in [6.07, 6.45) is -5.30. The van der Waals surface area contributed by atoms with Gasteiger partial charge in [-0.1, -0.05) is 0 Å². The van der Waals surface area contributed by atoms with Crippen molar-refractivity contribution in [2.24, 2.45) is 0 Å². The lowest BCUT2D eigenvalue weighted by Gasteiger charge is -2.40. The lowest BCUT2D eigenvalue weighted by molar-refractivity contribution is -0.266. The van der Waals surface area contributed by atoms with Crippen LogP contribution in [-0.4, -0.2) is 49.5 Å². The van der Waals surface area contributed by atoms with Gasteiger partial charge in [-0.25, -0.2) is 0 Å². The predicted molar refractivity (Wildman–Crippen MR) is 112 cm³/mol. The van der Waals surface area contributed by atoms with E-state index in [1.165, 1.54) is 0 Å². The molecule has 2 aromatic rings. The van der Waals surface area contributed by atoms with Crippen LogP contribution in [0.2, 0.25) is 0 Å². The average Bonchev–Trinajstić information content (AvgIpc) is 2.72. The first kappa shape index (κ1) is 21.3. The first-order valence-electron chi connectivity index (χ1n) is 10.0. The van der Waals surface area contributed by atoms with Crippen molar-refractivity contribution in [3.8, 4) is 5.75 Å². The minimum absolute atomic E-state index is 0.0000225. The minimum atomic E-state index is -4.61. The van der Waals surface area contributed by atoms with Gasteiger partial charge in [0.15, 0.2) is 12.2 Å². The normalized spacial score (nSPS) is 18.5. The Morgan fingerprint density at radius 2 is 1.84 bits per heavy atom. The zero-order valence-electron chi connectivity index (χ0n) is 17.3. The lowest BCUT2D eigenvalue weighted by Crippen LogP contribution is -2.53. The van der Waals surface area contributed by atoms with Gasteiger partial charge in [0.1, 0.15) is 5.75 Å². The molecule has 0 radical (unpaired) electrons. The van der Waals surface area contributed by atoms with Crippen LogP contribution in [0.5, 0.6) is 5.75 Å². The Kier molecular flexibility index (Phi) is 5.25. The molecule has 0 unspecified atom stereocenters. The number of aliphatic hydroxyl groups is 1. The fourth-order valence-electron chi connectivity index (χ4n) is 3.91. The summed E-state index contributed by atoms with van der Waals surface area (Å²) < 4.78 is 44.6. The minimum Gasteiger partial charge on any atom is -0.481 e. The molecule has 4 rings (SSSR count). The molecule has 0 atom stereocenters. The van der Waals surface area contributed by atoms with E-state index in [0.29, 0.717) is 11.4 Å². The molecule has 2 heterocycles. The molecule has 0 spiro atoms. The number of ether oxygens (including phenoxy) is 1. The second-order valence-electron chi connectivity index (χ2n) is 8.06. The Morgan fingerprint density at radius 1 is 1.13 bits per heavy atom. The summed E-state index contributed by atoms with van der Waals surface area (Å²) in [6.45, 7) is 2.19. The lowest BCUT2D eigenvalue weighted by atomic mass is 9.90. The van der Waals surface area contributed by atoms with Crippen molar-refractivity contribution in [3.63, 3.8) is 0 Å². The van der Waals surface area contributed by atoms with Crippen LogP contribution < -0.4 is 19.9 Å². The number of aryl methyl sites for hydroxylation is 1. The number of benzene rings is 2. The molecular weight excluding hydrogens is 411 g/mol. The second kappa shape index (κ2) is 7.64. The molecule has 0 bridgehead atoms. The van der Waals surface area contributed by atoms with Gasteiger partial charge in [0, 0.05) is 56.1 Å². The summed E-state index contributed by atoms with van der Waals surface area (Å²) in [4.78, 5) is 15.2. The molecule has 1 amide bonds. The van der Waals surface area contributed by atoms with Gasteiger partial charge in [0.05, 0.1) is 5.69 Å². The summed E-state index contributed by atoms with van der Waals surface area (Å²) in [6, 6.07) is 11.1. The standard InChI is InChI=1S/C22H24F3N3O3/c1-14-11-16(28-9-7-21(30,8-10-28)22(23,24)25)4-5-17(14)26-15-3-6-18-19(12-15)31-13-20(29)27(18)2/h3-6,11-12,26,30H,7-10,13H2,1-2H3. The molecule has 1 fully saturated rings. The van der Waals surface area contributed by atoms with Crippen molar-refractivity contribution in [2.75, 3.05) is 41.9 Å². The highest BCUT2D eigenvalue weighted by atomic mass is 19.4. The molecule has 2 aliphatic heterocycles. The maximum absolute atomic E-state index is 13.0. The molecule has 31 heavy (non-hydrogen) atoms. The number of carbonyl (C=O) groups is 1. The molecule has 2 aliphatic rings. The highest BCUT2D eigenvalue weighted by molar-refractivity contribution is 5.97. The first-order chi connectivity index (χ1) is 14.6. The highest BCUT2D eigenvalue weighted by Gasteiger charge is 2.54. The fraction of sp³-hybridized carbons (Fsp3) is 0.409. The summed E-state index contributed by atoms with van der Waals surface area (Å²) in [7, 11) is 1.70. The third-order valence-electron chi connectivity index (χ3n) is 6.02. The van der Waals surface area contributed by atoms with Crippen LogP contribution in [0.1, 0.15) is 18.4 Å². The van der Waals surface area contributed by atoms with Crippen LogP contribution >= 0.6 is 0 Å². The van der Waals surface area contributed by atoms with Gasteiger partial charge >= 0.3 is 6.18 Å². The first-order valence-corrected chi connectivity index (χ1v) is 10.0.